The van der Waals surface area contributed by atoms with Crippen LogP contribution in [0.4, 0.5) is 0 Å². The van der Waals surface area contributed by atoms with Gasteiger partial charge in [-0.25, -0.2) is 0 Å². The molecule has 130 valence electrons. The van der Waals surface area contributed by atoms with E-state index in [-0.39, 0.29) is 18.4 Å². The molecule has 0 bridgehead atoms. The molecule has 2 aliphatic heterocycles. The van der Waals surface area contributed by atoms with Crippen molar-refractivity contribution < 1.29 is 14.3 Å². The Balaban J connectivity index is 1.43. The summed E-state index contributed by atoms with van der Waals surface area (Å²) in [6, 6.07) is 9.83. The second-order valence-corrected chi connectivity index (χ2v) is 6.36. The monoisotopic (exact) mass is 340 g/mol. The first-order chi connectivity index (χ1) is 12.2. The molecule has 1 aromatic carbocycles. The standard InChI is InChI=1S/C18H20N4O3/c23-17(15-5-7-19-20-15)22-9-10-25-16(12-22)18(24)21-8-6-13-3-1-2-4-14(13)11-21/h1-5,7,16H,6,8-12H2,(H,19,20). The fourth-order valence-electron chi connectivity index (χ4n) is 3.42. The normalized spacial score (nSPS) is 20.2. The molecule has 2 amide bonds. The molecule has 2 aliphatic rings. The van der Waals surface area contributed by atoms with Gasteiger partial charge in [0, 0.05) is 25.8 Å². The first kappa shape index (κ1) is 15.8. The molecule has 0 aliphatic carbocycles. The van der Waals surface area contributed by atoms with Crippen molar-refractivity contribution in [3.8, 4) is 0 Å². The minimum absolute atomic E-state index is 0.0448. The average Bonchev–Trinajstić information content (AvgIpc) is 3.21. The Hall–Kier alpha value is -2.67. The summed E-state index contributed by atoms with van der Waals surface area (Å²) in [6.45, 7) is 2.40. The van der Waals surface area contributed by atoms with Gasteiger partial charge in [-0.15, -0.1) is 0 Å². The van der Waals surface area contributed by atoms with Crippen LogP contribution in [0.25, 0.3) is 0 Å². The maximum Gasteiger partial charge on any atom is 0.272 e. The number of fused-ring (bicyclic) bond motifs is 1. The van der Waals surface area contributed by atoms with Crippen molar-refractivity contribution >= 4 is 11.8 Å². The summed E-state index contributed by atoms with van der Waals surface area (Å²) >= 11 is 0. The van der Waals surface area contributed by atoms with E-state index in [1.54, 1.807) is 17.2 Å². The fourth-order valence-corrected chi connectivity index (χ4v) is 3.42. The van der Waals surface area contributed by atoms with Crippen LogP contribution in [0, 0.1) is 0 Å². The summed E-state index contributed by atoms with van der Waals surface area (Å²) in [6.07, 6.45) is 1.79. The van der Waals surface area contributed by atoms with Crippen molar-refractivity contribution in [3.63, 3.8) is 0 Å². The van der Waals surface area contributed by atoms with Gasteiger partial charge in [-0.2, -0.15) is 5.10 Å². The number of H-pyrrole nitrogens is 1. The number of aromatic amines is 1. The molecule has 0 spiro atoms. The summed E-state index contributed by atoms with van der Waals surface area (Å²) in [4.78, 5) is 28.8. The minimum atomic E-state index is -0.606. The number of aromatic nitrogens is 2. The van der Waals surface area contributed by atoms with Gasteiger partial charge in [0.1, 0.15) is 5.69 Å². The zero-order chi connectivity index (χ0) is 17.2. The molecule has 1 saturated heterocycles. The van der Waals surface area contributed by atoms with Crippen molar-refractivity contribution in [1.29, 1.82) is 0 Å². The van der Waals surface area contributed by atoms with Gasteiger partial charge >= 0.3 is 0 Å². The number of carbonyl (C=O) groups excluding carboxylic acids is 2. The molecule has 3 heterocycles. The van der Waals surface area contributed by atoms with Crippen LogP contribution in [-0.4, -0.2) is 64.2 Å². The fraction of sp³-hybridized carbons (Fsp3) is 0.389. The van der Waals surface area contributed by atoms with E-state index >= 15 is 0 Å². The second kappa shape index (κ2) is 6.68. The Labute approximate surface area is 145 Å². The number of nitrogens with zero attached hydrogens (tertiary/aromatic N) is 3. The van der Waals surface area contributed by atoms with Gasteiger partial charge in [0.05, 0.1) is 13.2 Å². The highest BCUT2D eigenvalue weighted by Gasteiger charge is 2.33. The van der Waals surface area contributed by atoms with Crippen LogP contribution in [0.3, 0.4) is 0 Å². The summed E-state index contributed by atoms with van der Waals surface area (Å²) in [7, 11) is 0. The van der Waals surface area contributed by atoms with Crippen LogP contribution in [0.15, 0.2) is 36.5 Å². The quantitative estimate of drug-likeness (QED) is 0.879. The Morgan fingerprint density at radius 3 is 2.76 bits per heavy atom. The molecule has 1 N–H and O–H groups in total. The third-order valence-electron chi connectivity index (χ3n) is 4.80. The van der Waals surface area contributed by atoms with Crippen LogP contribution in [-0.2, 0) is 22.5 Å². The Morgan fingerprint density at radius 2 is 1.96 bits per heavy atom. The van der Waals surface area contributed by atoms with E-state index in [2.05, 4.69) is 22.3 Å². The molecule has 0 radical (unpaired) electrons. The highest BCUT2D eigenvalue weighted by atomic mass is 16.5. The van der Waals surface area contributed by atoms with Gasteiger partial charge in [0.25, 0.3) is 11.8 Å². The van der Waals surface area contributed by atoms with E-state index < -0.39 is 6.10 Å². The number of amides is 2. The number of hydrogen-bond donors (Lipinski definition) is 1. The molecule has 1 fully saturated rings. The summed E-state index contributed by atoms with van der Waals surface area (Å²) in [5.41, 5.74) is 2.91. The maximum atomic E-state index is 12.9. The molecular formula is C18H20N4O3. The first-order valence-corrected chi connectivity index (χ1v) is 8.48. The topological polar surface area (TPSA) is 78.5 Å². The van der Waals surface area contributed by atoms with E-state index in [1.165, 1.54) is 11.1 Å². The van der Waals surface area contributed by atoms with Crippen molar-refractivity contribution in [2.45, 2.75) is 19.1 Å². The molecule has 7 nitrogen and oxygen atoms in total. The first-order valence-electron chi connectivity index (χ1n) is 8.48. The molecule has 25 heavy (non-hydrogen) atoms. The van der Waals surface area contributed by atoms with Crippen molar-refractivity contribution in [1.82, 2.24) is 20.0 Å². The lowest BCUT2D eigenvalue weighted by Crippen LogP contribution is -2.53. The van der Waals surface area contributed by atoms with Gasteiger partial charge in [0.15, 0.2) is 6.10 Å². The van der Waals surface area contributed by atoms with E-state index in [0.717, 1.165) is 6.42 Å². The van der Waals surface area contributed by atoms with Gasteiger partial charge in [0.2, 0.25) is 0 Å². The smallest absolute Gasteiger partial charge is 0.272 e. The predicted octanol–water partition coefficient (Wildman–Crippen LogP) is 0.836. The second-order valence-electron chi connectivity index (χ2n) is 6.36. The SMILES string of the molecule is O=C(c1ccn[nH]1)N1CCOC(C(=O)N2CCc3ccccc3C2)C1. The van der Waals surface area contributed by atoms with E-state index in [1.807, 2.05) is 17.0 Å². The minimum Gasteiger partial charge on any atom is -0.365 e. The van der Waals surface area contributed by atoms with Crippen molar-refractivity contribution in [3.05, 3.63) is 53.3 Å². The molecule has 7 heteroatoms. The van der Waals surface area contributed by atoms with Crippen LogP contribution in [0.1, 0.15) is 21.6 Å². The molecule has 2 aromatic rings. The number of ether oxygens (including phenoxy) is 1. The lowest BCUT2D eigenvalue weighted by Gasteiger charge is -2.36. The Morgan fingerprint density at radius 1 is 1.12 bits per heavy atom. The third-order valence-corrected chi connectivity index (χ3v) is 4.80. The molecule has 1 atom stereocenters. The molecule has 1 unspecified atom stereocenters. The van der Waals surface area contributed by atoms with E-state index in [4.69, 9.17) is 4.74 Å². The summed E-state index contributed by atoms with van der Waals surface area (Å²) < 4.78 is 5.67. The number of carbonyl (C=O) groups is 2. The summed E-state index contributed by atoms with van der Waals surface area (Å²) in [5.74, 6) is -0.195. The van der Waals surface area contributed by atoms with Crippen molar-refractivity contribution in [2.24, 2.45) is 0 Å². The Bertz CT molecular complexity index is 774. The van der Waals surface area contributed by atoms with Crippen LogP contribution in [0.2, 0.25) is 0 Å². The molecular weight excluding hydrogens is 320 g/mol. The van der Waals surface area contributed by atoms with E-state index in [0.29, 0.717) is 31.9 Å². The van der Waals surface area contributed by atoms with Crippen LogP contribution in [0.5, 0.6) is 0 Å². The largest absolute Gasteiger partial charge is 0.365 e. The van der Waals surface area contributed by atoms with Gasteiger partial charge in [-0.3, -0.25) is 14.7 Å². The highest BCUT2D eigenvalue weighted by molar-refractivity contribution is 5.93. The zero-order valence-corrected chi connectivity index (χ0v) is 13.9. The molecule has 0 saturated carbocycles. The molecule has 1 aromatic heterocycles. The number of benzene rings is 1. The van der Waals surface area contributed by atoms with Gasteiger partial charge in [-0.05, 0) is 23.6 Å². The number of morpholine rings is 1. The highest BCUT2D eigenvalue weighted by Crippen LogP contribution is 2.20. The number of rotatable bonds is 2. The van der Waals surface area contributed by atoms with Crippen LogP contribution >= 0.6 is 0 Å². The Kier molecular flexibility index (Phi) is 4.23. The lowest BCUT2D eigenvalue weighted by atomic mass is 9.99. The zero-order valence-electron chi connectivity index (χ0n) is 13.9. The number of hydrogen-bond acceptors (Lipinski definition) is 4. The van der Waals surface area contributed by atoms with Gasteiger partial charge < -0.3 is 14.5 Å². The predicted molar refractivity (Wildman–Crippen MR) is 89.8 cm³/mol. The molecule has 4 rings (SSSR count). The summed E-state index contributed by atoms with van der Waals surface area (Å²) in [5, 5.41) is 6.48. The lowest BCUT2D eigenvalue weighted by molar-refractivity contribution is -0.149. The maximum absolute atomic E-state index is 12.9. The van der Waals surface area contributed by atoms with E-state index in [9.17, 15) is 9.59 Å². The third kappa shape index (κ3) is 3.15. The number of nitrogens with one attached hydrogen (secondary N) is 1. The van der Waals surface area contributed by atoms with Crippen molar-refractivity contribution in [2.75, 3.05) is 26.2 Å². The van der Waals surface area contributed by atoms with Crippen LogP contribution < -0.4 is 0 Å². The average molecular weight is 340 g/mol. The van der Waals surface area contributed by atoms with Gasteiger partial charge in [-0.1, -0.05) is 24.3 Å².